The summed E-state index contributed by atoms with van der Waals surface area (Å²) in [5.74, 6) is 0.437. The Morgan fingerprint density at radius 1 is 1.24 bits per heavy atom. The van der Waals surface area contributed by atoms with Crippen LogP contribution < -0.4 is 5.56 Å². The average Bonchev–Trinajstić information content (AvgIpc) is 2.13. The highest BCUT2D eigenvalue weighted by atomic mass is 16.3. The van der Waals surface area contributed by atoms with Gasteiger partial charge >= 0.3 is 0 Å². The van der Waals surface area contributed by atoms with Gasteiger partial charge in [-0.15, -0.1) is 0 Å². The van der Waals surface area contributed by atoms with Crippen LogP contribution in [-0.2, 0) is 0 Å². The molecule has 0 aromatic carbocycles. The molecular formula is C13H22N2O2. The van der Waals surface area contributed by atoms with Crippen molar-refractivity contribution in [1.82, 2.24) is 9.97 Å². The van der Waals surface area contributed by atoms with Crippen LogP contribution in [-0.4, -0.2) is 15.1 Å². The van der Waals surface area contributed by atoms with Crippen LogP contribution >= 0.6 is 0 Å². The van der Waals surface area contributed by atoms with E-state index in [1.54, 1.807) is 0 Å². The van der Waals surface area contributed by atoms with E-state index in [9.17, 15) is 9.90 Å². The van der Waals surface area contributed by atoms with Crippen molar-refractivity contribution in [2.24, 2.45) is 5.41 Å². The van der Waals surface area contributed by atoms with Crippen molar-refractivity contribution in [3.63, 3.8) is 0 Å². The lowest BCUT2D eigenvalue weighted by molar-refractivity contribution is 0.322. The van der Waals surface area contributed by atoms with Crippen LogP contribution in [0.25, 0.3) is 0 Å². The van der Waals surface area contributed by atoms with Gasteiger partial charge in [0.05, 0.1) is 5.56 Å². The van der Waals surface area contributed by atoms with Crippen LogP contribution in [0.4, 0.5) is 0 Å². The molecule has 96 valence electrons. The molecule has 0 aliphatic carbocycles. The first kappa shape index (κ1) is 13.7. The second-order valence-electron chi connectivity index (χ2n) is 5.93. The van der Waals surface area contributed by atoms with E-state index < -0.39 is 0 Å². The van der Waals surface area contributed by atoms with Crippen molar-refractivity contribution in [3.8, 4) is 5.88 Å². The second kappa shape index (κ2) is 4.51. The molecule has 4 nitrogen and oxygen atoms in total. The number of H-pyrrole nitrogens is 1. The molecule has 0 spiro atoms. The van der Waals surface area contributed by atoms with E-state index in [4.69, 9.17) is 0 Å². The lowest BCUT2D eigenvalue weighted by Gasteiger charge is -2.26. The summed E-state index contributed by atoms with van der Waals surface area (Å²) in [6.45, 7) is 11.9. The highest BCUT2D eigenvalue weighted by Gasteiger charge is 2.25. The first-order chi connectivity index (χ1) is 7.64. The molecule has 0 saturated carbocycles. The summed E-state index contributed by atoms with van der Waals surface area (Å²) in [5, 5.41) is 9.83. The fourth-order valence-electron chi connectivity index (χ4n) is 1.62. The summed E-state index contributed by atoms with van der Waals surface area (Å²) in [4.78, 5) is 18.8. The third-order valence-electron chi connectivity index (χ3n) is 3.24. The molecule has 1 unspecified atom stereocenters. The lowest BCUT2D eigenvalue weighted by Crippen LogP contribution is -2.24. The molecule has 1 heterocycles. The molecule has 1 rings (SSSR count). The van der Waals surface area contributed by atoms with Crippen molar-refractivity contribution in [2.75, 3.05) is 0 Å². The number of hydrogen-bond donors (Lipinski definition) is 2. The first-order valence-corrected chi connectivity index (χ1v) is 5.97. The summed E-state index contributed by atoms with van der Waals surface area (Å²) < 4.78 is 0. The SMILES string of the molecule is CC(C)c1c(O)nc(C(C)C(C)(C)C)[nH]c1=O. The van der Waals surface area contributed by atoms with Crippen molar-refractivity contribution < 1.29 is 5.11 Å². The largest absolute Gasteiger partial charge is 0.493 e. The Morgan fingerprint density at radius 3 is 2.12 bits per heavy atom. The molecule has 1 aromatic rings. The summed E-state index contributed by atoms with van der Waals surface area (Å²) in [6, 6.07) is 0. The molecule has 0 radical (unpaired) electrons. The van der Waals surface area contributed by atoms with E-state index in [1.165, 1.54) is 0 Å². The fourth-order valence-corrected chi connectivity index (χ4v) is 1.62. The normalized spacial score (nSPS) is 14.1. The van der Waals surface area contributed by atoms with Gasteiger partial charge in [-0.05, 0) is 11.3 Å². The Labute approximate surface area is 102 Å². The lowest BCUT2D eigenvalue weighted by atomic mass is 9.81. The van der Waals surface area contributed by atoms with Gasteiger partial charge in [0.2, 0.25) is 5.88 Å². The highest BCUT2D eigenvalue weighted by molar-refractivity contribution is 5.26. The van der Waals surface area contributed by atoms with Gasteiger partial charge in [0, 0.05) is 5.92 Å². The Kier molecular flexibility index (Phi) is 3.65. The summed E-state index contributed by atoms with van der Waals surface area (Å²) >= 11 is 0. The Hall–Kier alpha value is -1.32. The van der Waals surface area contributed by atoms with Crippen LogP contribution in [0.2, 0.25) is 0 Å². The predicted molar refractivity (Wildman–Crippen MR) is 68.5 cm³/mol. The number of nitrogens with zero attached hydrogens (tertiary/aromatic N) is 1. The summed E-state index contributed by atoms with van der Waals surface area (Å²) in [5.41, 5.74) is 0.107. The van der Waals surface area contributed by atoms with Gasteiger partial charge in [-0.1, -0.05) is 41.5 Å². The third-order valence-corrected chi connectivity index (χ3v) is 3.24. The molecule has 17 heavy (non-hydrogen) atoms. The molecule has 0 saturated heterocycles. The van der Waals surface area contributed by atoms with Gasteiger partial charge in [-0.3, -0.25) is 4.79 Å². The molecule has 2 N–H and O–H groups in total. The van der Waals surface area contributed by atoms with Crippen LogP contribution in [0.1, 0.15) is 64.8 Å². The molecule has 0 amide bonds. The zero-order valence-electron chi connectivity index (χ0n) is 11.5. The van der Waals surface area contributed by atoms with Crippen molar-refractivity contribution in [2.45, 2.75) is 53.4 Å². The second-order valence-corrected chi connectivity index (χ2v) is 5.93. The van der Waals surface area contributed by atoms with Gasteiger partial charge in [-0.2, -0.15) is 4.98 Å². The van der Waals surface area contributed by atoms with Gasteiger partial charge in [0.1, 0.15) is 5.82 Å². The Morgan fingerprint density at radius 2 is 1.76 bits per heavy atom. The van der Waals surface area contributed by atoms with Crippen molar-refractivity contribution >= 4 is 0 Å². The number of nitrogens with one attached hydrogen (secondary N) is 1. The minimum Gasteiger partial charge on any atom is -0.493 e. The predicted octanol–water partition coefficient (Wildman–Crippen LogP) is 2.75. The molecular weight excluding hydrogens is 216 g/mol. The zero-order chi connectivity index (χ0) is 13.4. The van der Waals surface area contributed by atoms with E-state index in [0.29, 0.717) is 11.4 Å². The Balaban J connectivity index is 3.29. The quantitative estimate of drug-likeness (QED) is 0.832. The number of aromatic nitrogens is 2. The van der Waals surface area contributed by atoms with E-state index in [2.05, 4.69) is 30.7 Å². The third kappa shape index (κ3) is 2.87. The molecule has 0 aliphatic heterocycles. The monoisotopic (exact) mass is 238 g/mol. The average molecular weight is 238 g/mol. The summed E-state index contributed by atoms with van der Waals surface area (Å²) in [6.07, 6.45) is 0. The smallest absolute Gasteiger partial charge is 0.258 e. The topological polar surface area (TPSA) is 66.0 Å². The van der Waals surface area contributed by atoms with Crippen LogP contribution in [0.15, 0.2) is 4.79 Å². The minimum absolute atomic E-state index is 0.0122. The van der Waals surface area contributed by atoms with Gasteiger partial charge in [-0.25, -0.2) is 0 Å². The van der Waals surface area contributed by atoms with Gasteiger partial charge in [0.15, 0.2) is 0 Å². The minimum atomic E-state index is -0.237. The number of aromatic hydroxyl groups is 1. The number of rotatable bonds is 2. The molecule has 1 aromatic heterocycles. The van der Waals surface area contributed by atoms with Crippen LogP contribution in [0, 0.1) is 5.41 Å². The van der Waals surface area contributed by atoms with Gasteiger partial charge < -0.3 is 10.1 Å². The highest BCUT2D eigenvalue weighted by Crippen LogP contribution is 2.33. The molecule has 1 atom stereocenters. The first-order valence-electron chi connectivity index (χ1n) is 5.97. The molecule has 4 heteroatoms. The Bertz CT molecular complexity index is 455. The molecule has 0 aliphatic rings. The van der Waals surface area contributed by atoms with Gasteiger partial charge in [0.25, 0.3) is 5.56 Å². The fraction of sp³-hybridized carbons (Fsp3) is 0.692. The van der Waals surface area contributed by atoms with E-state index in [1.807, 2.05) is 20.8 Å². The maximum Gasteiger partial charge on any atom is 0.258 e. The maximum atomic E-state index is 11.9. The van der Waals surface area contributed by atoms with E-state index >= 15 is 0 Å². The number of aromatic amines is 1. The zero-order valence-corrected chi connectivity index (χ0v) is 11.5. The molecule has 0 fully saturated rings. The molecule has 0 bridgehead atoms. The number of hydrogen-bond acceptors (Lipinski definition) is 3. The maximum absolute atomic E-state index is 11.9. The standard InChI is InChI=1S/C13H22N2O2/c1-7(2)9-11(16)14-10(15-12(9)17)8(3)13(4,5)6/h7-8H,1-6H3,(H2,14,15,16,17). The van der Waals surface area contributed by atoms with Crippen molar-refractivity contribution in [3.05, 3.63) is 21.7 Å². The summed E-state index contributed by atoms with van der Waals surface area (Å²) in [7, 11) is 0. The van der Waals surface area contributed by atoms with E-state index in [0.717, 1.165) is 0 Å². The van der Waals surface area contributed by atoms with Crippen LogP contribution in [0.5, 0.6) is 5.88 Å². The van der Waals surface area contributed by atoms with Crippen molar-refractivity contribution in [1.29, 1.82) is 0 Å². The van der Waals surface area contributed by atoms with Crippen LogP contribution in [0.3, 0.4) is 0 Å². The van der Waals surface area contributed by atoms with E-state index in [-0.39, 0.29) is 28.7 Å².